The van der Waals surface area contributed by atoms with Gasteiger partial charge >= 0.3 is 0 Å². The van der Waals surface area contributed by atoms with Crippen molar-refractivity contribution in [3.8, 4) is 0 Å². The molecule has 0 heterocycles. The van der Waals surface area contributed by atoms with Gasteiger partial charge in [-0.2, -0.15) is 0 Å². The van der Waals surface area contributed by atoms with Gasteiger partial charge in [0, 0.05) is 0 Å². The number of anilines is 1. The summed E-state index contributed by atoms with van der Waals surface area (Å²) in [5.74, 6) is 0. The summed E-state index contributed by atoms with van der Waals surface area (Å²) in [6.45, 7) is 4.71. The van der Waals surface area contributed by atoms with Crippen LogP contribution < -0.4 is 9.86 Å². The van der Waals surface area contributed by atoms with Crippen LogP contribution in [0.2, 0.25) is 0 Å². The maximum absolute atomic E-state index is 11.7. The summed E-state index contributed by atoms with van der Waals surface area (Å²) < 4.78 is 48.0. The molecule has 0 radical (unpaired) electrons. The smallest absolute Gasteiger partial charge is 0.238 e. The number of primary sulfonamides is 1. The van der Waals surface area contributed by atoms with Gasteiger partial charge in [0.05, 0.1) is 15.8 Å². The summed E-state index contributed by atoms with van der Waals surface area (Å²) in [5, 5.41) is 4.41. The van der Waals surface area contributed by atoms with Crippen molar-refractivity contribution < 1.29 is 16.8 Å². The van der Waals surface area contributed by atoms with Gasteiger partial charge in [-0.1, -0.05) is 0 Å². The zero-order valence-electron chi connectivity index (χ0n) is 10.3. The molecule has 0 amide bonds. The third kappa shape index (κ3) is 3.44. The number of benzene rings is 1. The van der Waals surface area contributed by atoms with Gasteiger partial charge in [0.25, 0.3) is 0 Å². The van der Waals surface area contributed by atoms with Crippen LogP contribution in [0.1, 0.15) is 19.4 Å². The van der Waals surface area contributed by atoms with Gasteiger partial charge in [-0.05, 0) is 44.5 Å². The first-order valence-corrected chi connectivity index (χ1v) is 8.28. The van der Waals surface area contributed by atoms with E-state index in [-0.39, 0.29) is 4.90 Å². The van der Waals surface area contributed by atoms with Crippen LogP contribution in [0.15, 0.2) is 23.1 Å². The number of nitrogens with two attached hydrogens (primary N) is 1. The van der Waals surface area contributed by atoms with Gasteiger partial charge in [-0.15, -0.1) is 0 Å². The molecule has 0 aliphatic rings. The highest BCUT2D eigenvalue weighted by Crippen LogP contribution is 2.20. The zero-order valence-corrected chi connectivity index (χ0v) is 12.0. The zero-order chi connectivity index (χ0) is 14.1. The van der Waals surface area contributed by atoms with E-state index in [2.05, 4.69) is 4.72 Å². The SMILES string of the molecule is Cc1cc(S(N)(=O)=O)ccc1NS(=O)(=O)C(C)C. The summed E-state index contributed by atoms with van der Waals surface area (Å²) >= 11 is 0. The number of nitrogens with one attached hydrogen (secondary N) is 1. The molecule has 0 saturated heterocycles. The van der Waals surface area contributed by atoms with E-state index >= 15 is 0 Å². The van der Waals surface area contributed by atoms with Crippen molar-refractivity contribution in [1.82, 2.24) is 0 Å². The maximum atomic E-state index is 11.7. The van der Waals surface area contributed by atoms with Gasteiger partial charge in [-0.25, -0.2) is 22.0 Å². The lowest BCUT2D eigenvalue weighted by Crippen LogP contribution is -2.23. The lowest BCUT2D eigenvalue weighted by atomic mass is 10.2. The minimum atomic E-state index is -3.78. The van der Waals surface area contributed by atoms with E-state index < -0.39 is 25.3 Å². The van der Waals surface area contributed by atoms with Crippen LogP contribution in [0, 0.1) is 6.92 Å². The molecule has 0 aliphatic heterocycles. The Morgan fingerprint density at radius 3 is 2.11 bits per heavy atom. The molecule has 0 spiro atoms. The van der Waals surface area contributed by atoms with Crippen LogP contribution in [-0.4, -0.2) is 22.1 Å². The standard InChI is InChI=1S/C10H16N2O4S2/c1-7(2)18(15,16)12-10-5-4-9(6-8(10)3)17(11,13)14/h4-7,12H,1-3H3,(H2,11,13,14). The van der Waals surface area contributed by atoms with E-state index in [1.54, 1.807) is 20.8 Å². The fourth-order valence-electron chi connectivity index (χ4n) is 1.20. The third-order valence-corrected chi connectivity index (χ3v) is 5.06. The van der Waals surface area contributed by atoms with Crippen LogP contribution in [0.5, 0.6) is 0 Å². The average Bonchev–Trinajstić information content (AvgIpc) is 2.19. The Labute approximate surface area is 107 Å². The third-order valence-electron chi connectivity index (χ3n) is 2.40. The Morgan fingerprint density at radius 1 is 1.17 bits per heavy atom. The Hall–Kier alpha value is -1.12. The number of hydrogen-bond acceptors (Lipinski definition) is 4. The van der Waals surface area contributed by atoms with Crippen molar-refractivity contribution >= 4 is 25.7 Å². The number of sulfonamides is 2. The second-order valence-electron chi connectivity index (χ2n) is 4.22. The normalized spacial score (nSPS) is 12.7. The molecule has 1 aromatic rings. The lowest BCUT2D eigenvalue weighted by molar-refractivity contribution is 0.592. The number of rotatable bonds is 4. The molecule has 0 aliphatic carbocycles. The Morgan fingerprint density at radius 2 is 1.72 bits per heavy atom. The van der Waals surface area contributed by atoms with Gasteiger partial charge < -0.3 is 0 Å². The first kappa shape index (κ1) is 14.9. The predicted octanol–water partition coefficient (Wildman–Crippen LogP) is 0.793. The van der Waals surface area contributed by atoms with Crippen molar-refractivity contribution in [2.75, 3.05) is 4.72 Å². The van der Waals surface area contributed by atoms with Crippen molar-refractivity contribution in [3.05, 3.63) is 23.8 Å². The van der Waals surface area contributed by atoms with Crippen LogP contribution in [0.3, 0.4) is 0 Å². The van der Waals surface area contributed by atoms with Crippen molar-refractivity contribution in [2.24, 2.45) is 5.14 Å². The Balaban J connectivity index is 3.16. The summed E-state index contributed by atoms with van der Waals surface area (Å²) in [6, 6.07) is 3.98. The molecule has 0 aromatic heterocycles. The monoisotopic (exact) mass is 292 g/mol. The molecule has 18 heavy (non-hydrogen) atoms. The highest BCUT2D eigenvalue weighted by molar-refractivity contribution is 7.93. The quantitative estimate of drug-likeness (QED) is 0.855. The molecule has 3 N–H and O–H groups in total. The van der Waals surface area contributed by atoms with Crippen LogP contribution in [0.25, 0.3) is 0 Å². The minimum absolute atomic E-state index is 0.0486. The van der Waals surface area contributed by atoms with E-state index in [1.165, 1.54) is 18.2 Å². The molecule has 0 bridgehead atoms. The molecule has 1 rings (SSSR count). The first-order chi connectivity index (χ1) is 8.04. The molecule has 0 saturated carbocycles. The van der Waals surface area contributed by atoms with Crippen molar-refractivity contribution in [1.29, 1.82) is 0 Å². The molecule has 102 valence electrons. The van der Waals surface area contributed by atoms with Gasteiger partial charge in [0.1, 0.15) is 0 Å². The van der Waals surface area contributed by atoms with Crippen LogP contribution >= 0.6 is 0 Å². The van der Waals surface area contributed by atoms with E-state index in [0.29, 0.717) is 11.3 Å². The minimum Gasteiger partial charge on any atom is -0.283 e. The maximum Gasteiger partial charge on any atom is 0.238 e. The highest BCUT2D eigenvalue weighted by atomic mass is 32.2. The molecule has 0 atom stereocenters. The van der Waals surface area contributed by atoms with Gasteiger partial charge in [0.15, 0.2) is 0 Å². The molecular formula is C10H16N2O4S2. The summed E-state index contributed by atoms with van der Waals surface area (Å²) in [7, 11) is -7.23. The fourth-order valence-corrected chi connectivity index (χ4v) is 2.57. The van der Waals surface area contributed by atoms with E-state index in [1.807, 2.05) is 0 Å². The van der Waals surface area contributed by atoms with Crippen LogP contribution in [-0.2, 0) is 20.0 Å². The fraction of sp³-hybridized carbons (Fsp3) is 0.400. The van der Waals surface area contributed by atoms with E-state index in [9.17, 15) is 16.8 Å². The topological polar surface area (TPSA) is 106 Å². The number of hydrogen-bond donors (Lipinski definition) is 2. The first-order valence-electron chi connectivity index (χ1n) is 5.19. The lowest BCUT2D eigenvalue weighted by Gasteiger charge is -2.13. The second kappa shape index (κ2) is 4.87. The summed E-state index contributed by atoms with van der Waals surface area (Å²) in [4.78, 5) is -0.0486. The summed E-state index contributed by atoms with van der Waals surface area (Å²) in [6.07, 6.45) is 0. The Bertz CT molecular complexity index is 648. The molecule has 1 aromatic carbocycles. The number of aryl methyl sites for hydroxylation is 1. The average molecular weight is 292 g/mol. The van der Waals surface area contributed by atoms with E-state index in [0.717, 1.165) is 0 Å². The largest absolute Gasteiger partial charge is 0.283 e. The highest BCUT2D eigenvalue weighted by Gasteiger charge is 2.17. The molecule has 6 nitrogen and oxygen atoms in total. The van der Waals surface area contributed by atoms with Gasteiger partial charge in [-0.3, -0.25) is 4.72 Å². The summed E-state index contributed by atoms with van der Waals surface area (Å²) in [5.41, 5.74) is 0.835. The molecule has 0 fully saturated rings. The van der Waals surface area contributed by atoms with Gasteiger partial charge in [0.2, 0.25) is 20.0 Å². The molecular weight excluding hydrogens is 276 g/mol. The van der Waals surface area contributed by atoms with Crippen LogP contribution in [0.4, 0.5) is 5.69 Å². The molecule has 8 heteroatoms. The predicted molar refractivity (Wildman–Crippen MR) is 70.2 cm³/mol. The van der Waals surface area contributed by atoms with Crippen molar-refractivity contribution in [3.63, 3.8) is 0 Å². The van der Waals surface area contributed by atoms with E-state index in [4.69, 9.17) is 5.14 Å². The Kier molecular flexibility index (Phi) is 4.04. The van der Waals surface area contributed by atoms with Crippen molar-refractivity contribution in [2.45, 2.75) is 30.9 Å². The molecule has 0 unspecified atom stereocenters. The second-order valence-corrected chi connectivity index (χ2v) is 8.02.